The molecule has 0 N–H and O–H groups in total. The first-order valence-electron chi connectivity index (χ1n) is 4.62. The van der Waals surface area contributed by atoms with Gasteiger partial charge in [-0.15, -0.1) is 10.2 Å². The van der Waals surface area contributed by atoms with Gasteiger partial charge in [0, 0.05) is 6.20 Å². The van der Waals surface area contributed by atoms with Crippen LogP contribution in [0.5, 0.6) is 0 Å². The van der Waals surface area contributed by atoms with E-state index in [1.165, 1.54) is 11.5 Å². The van der Waals surface area contributed by atoms with Crippen LogP contribution in [0.15, 0.2) is 29.2 Å². The number of ether oxygens (including phenoxy) is 1. The molecule has 2 aromatic rings. The maximum absolute atomic E-state index is 11.8. The Morgan fingerprint density at radius 2 is 2.25 bits per heavy atom. The molecule has 2 rings (SSSR count). The van der Waals surface area contributed by atoms with Gasteiger partial charge in [0.2, 0.25) is 0 Å². The zero-order valence-corrected chi connectivity index (χ0v) is 8.58. The highest BCUT2D eigenvalue weighted by Gasteiger charge is 2.11. The molecule has 0 spiro atoms. The van der Waals surface area contributed by atoms with Crippen LogP contribution in [-0.2, 0) is 16.0 Å². The molecule has 0 unspecified atom stereocenters. The van der Waals surface area contributed by atoms with Crippen molar-refractivity contribution in [2.45, 2.75) is 6.42 Å². The number of carbonyl (C=O) groups excluding carboxylic acids is 1. The summed E-state index contributed by atoms with van der Waals surface area (Å²) in [5.74, 6) is -0.512. The van der Waals surface area contributed by atoms with Crippen LogP contribution < -0.4 is 5.56 Å². The predicted molar refractivity (Wildman–Crippen MR) is 55.0 cm³/mol. The number of pyridine rings is 1. The largest absolute Gasteiger partial charge is 0.469 e. The summed E-state index contributed by atoms with van der Waals surface area (Å²) in [7, 11) is 1.26. The molecule has 0 aliphatic rings. The molecule has 6 heteroatoms. The summed E-state index contributed by atoms with van der Waals surface area (Å²) in [6, 6.07) is 5.12. The Morgan fingerprint density at radius 1 is 1.44 bits per heavy atom. The zero-order chi connectivity index (χ0) is 11.5. The van der Waals surface area contributed by atoms with Gasteiger partial charge < -0.3 is 4.74 Å². The Labute approximate surface area is 90.5 Å². The Bertz CT molecular complexity index is 591. The van der Waals surface area contributed by atoms with Crippen LogP contribution in [0.1, 0.15) is 5.69 Å². The minimum Gasteiger partial charge on any atom is -0.469 e. The minimum atomic E-state index is -0.512. The number of esters is 1. The van der Waals surface area contributed by atoms with Gasteiger partial charge >= 0.3 is 5.97 Å². The molecule has 2 heterocycles. The van der Waals surface area contributed by atoms with Gasteiger partial charge in [0.1, 0.15) is 5.69 Å². The van der Waals surface area contributed by atoms with Gasteiger partial charge in [-0.2, -0.15) is 0 Å². The van der Waals surface area contributed by atoms with Gasteiger partial charge in [0.15, 0.2) is 5.65 Å². The van der Waals surface area contributed by atoms with Crippen molar-refractivity contribution in [3.8, 4) is 0 Å². The zero-order valence-electron chi connectivity index (χ0n) is 8.58. The summed E-state index contributed by atoms with van der Waals surface area (Å²) < 4.78 is 5.80. The van der Waals surface area contributed by atoms with Gasteiger partial charge in [0.25, 0.3) is 5.56 Å². The van der Waals surface area contributed by atoms with Crippen molar-refractivity contribution in [1.82, 2.24) is 14.6 Å². The first-order valence-corrected chi connectivity index (χ1v) is 4.62. The van der Waals surface area contributed by atoms with E-state index in [0.29, 0.717) is 5.65 Å². The van der Waals surface area contributed by atoms with Crippen LogP contribution in [0.2, 0.25) is 0 Å². The Hall–Kier alpha value is -2.24. The number of aromatic nitrogens is 3. The average Bonchev–Trinajstić information content (AvgIpc) is 2.33. The molecule has 82 valence electrons. The van der Waals surface area contributed by atoms with E-state index in [9.17, 15) is 9.59 Å². The van der Waals surface area contributed by atoms with Crippen LogP contribution in [0.25, 0.3) is 5.65 Å². The Morgan fingerprint density at radius 3 is 3.00 bits per heavy atom. The molecule has 0 saturated carbocycles. The monoisotopic (exact) mass is 219 g/mol. The van der Waals surface area contributed by atoms with Gasteiger partial charge in [-0.1, -0.05) is 6.07 Å². The molecule has 0 atom stereocenters. The molecular formula is C10H9N3O3. The van der Waals surface area contributed by atoms with Crippen molar-refractivity contribution in [2.24, 2.45) is 0 Å². The van der Waals surface area contributed by atoms with E-state index >= 15 is 0 Å². The number of fused-ring (bicyclic) bond motifs is 1. The third-order valence-electron chi connectivity index (χ3n) is 2.12. The summed E-state index contributed by atoms with van der Waals surface area (Å²) in [6.45, 7) is 0. The highest BCUT2D eigenvalue weighted by molar-refractivity contribution is 5.71. The Kier molecular flexibility index (Phi) is 2.63. The molecule has 0 aromatic carbocycles. The summed E-state index contributed by atoms with van der Waals surface area (Å²) in [5.41, 5.74) is 0.174. The molecular weight excluding hydrogens is 210 g/mol. The van der Waals surface area contributed by atoms with Crippen molar-refractivity contribution >= 4 is 11.6 Å². The molecule has 0 aliphatic heterocycles. The van der Waals surface area contributed by atoms with Gasteiger partial charge in [-0.05, 0) is 12.1 Å². The van der Waals surface area contributed by atoms with Crippen molar-refractivity contribution in [3.63, 3.8) is 0 Å². The molecule has 2 aromatic heterocycles. The maximum atomic E-state index is 11.8. The number of hydrogen-bond donors (Lipinski definition) is 0. The Balaban J connectivity index is 2.53. The maximum Gasteiger partial charge on any atom is 0.311 e. The molecule has 0 fully saturated rings. The lowest BCUT2D eigenvalue weighted by Gasteiger charge is -2.01. The SMILES string of the molecule is COC(=O)Cc1nnc2ccccn2c1=O. The number of methoxy groups -OCH3 is 1. The van der Waals surface area contributed by atoms with Crippen molar-refractivity contribution in [1.29, 1.82) is 0 Å². The second kappa shape index (κ2) is 4.09. The van der Waals surface area contributed by atoms with Crippen LogP contribution in [0.3, 0.4) is 0 Å². The second-order valence-electron chi connectivity index (χ2n) is 3.13. The molecule has 0 aliphatic carbocycles. The lowest BCUT2D eigenvalue weighted by atomic mass is 10.3. The van der Waals surface area contributed by atoms with Gasteiger partial charge in [-0.25, -0.2) is 0 Å². The fourth-order valence-electron chi connectivity index (χ4n) is 1.30. The smallest absolute Gasteiger partial charge is 0.311 e. The third-order valence-corrected chi connectivity index (χ3v) is 2.12. The number of hydrogen-bond acceptors (Lipinski definition) is 5. The van der Waals surface area contributed by atoms with Crippen molar-refractivity contribution in [3.05, 3.63) is 40.4 Å². The van der Waals surface area contributed by atoms with Crippen LogP contribution in [-0.4, -0.2) is 27.7 Å². The molecule has 6 nitrogen and oxygen atoms in total. The second-order valence-corrected chi connectivity index (χ2v) is 3.13. The van der Waals surface area contributed by atoms with Crippen molar-refractivity contribution < 1.29 is 9.53 Å². The number of nitrogens with zero attached hydrogens (tertiary/aromatic N) is 3. The predicted octanol–water partition coefficient (Wildman–Crippen LogP) is -0.195. The van der Waals surface area contributed by atoms with E-state index in [0.717, 1.165) is 0 Å². The quantitative estimate of drug-likeness (QED) is 0.654. The normalized spacial score (nSPS) is 10.3. The van der Waals surface area contributed by atoms with E-state index in [2.05, 4.69) is 14.9 Å². The summed E-state index contributed by atoms with van der Waals surface area (Å²) in [6.07, 6.45) is 1.41. The highest BCUT2D eigenvalue weighted by atomic mass is 16.5. The lowest BCUT2D eigenvalue weighted by Crippen LogP contribution is -2.24. The first kappa shape index (κ1) is 10.3. The van der Waals surface area contributed by atoms with Crippen LogP contribution in [0, 0.1) is 0 Å². The van der Waals surface area contributed by atoms with Gasteiger partial charge in [-0.3, -0.25) is 14.0 Å². The molecule has 0 saturated heterocycles. The third kappa shape index (κ3) is 1.77. The van der Waals surface area contributed by atoms with Crippen LogP contribution >= 0.6 is 0 Å². The minimum absolute atomic E-state index is 0.0792. The van der Waals surface area contributed by atoms with Crippen molar-refractivity contribution in [2.75, 3.05) is 7.11 Å². The van der Waals surface area contributed by atoms with E-state index in [4.69, 9.17) is 0 Å². The molecule has 0 amide bonds. The number of rotatable bonds is 2. The van der Waals surface area contributed by atoms with E-state index in [1.54, 1.807) is 24.4 Å². The molecule has 0 radical (unpaired) electrons. The highest BCUT2D eigenvalue weighted by Crippen LogP contribution is 1.95. The van der Waals surface area contributed by atoms with E-state index < -0.39 is 5.97 Å². The summed E-state index contributed by atoms with van der Waals surface area (Å²) in [5, 5.41) is 7.54. The molecule has 0 bridgehead atoms. The lowest BCUT2D eigenvalue weighted by molar-refractivity contribution is -0.139. The van der Waals surface area contributed by atoms with Crippen LogP contribution in [0.4, 0.5) is 0 Å². The van der Waals surface area contributed by atoms with E-state index in [1.807, 2.05) is 0 Å². The topological polar surface area (TPSA) is 73.6 Å². The average molecular weight is 219 g/mol. The fraction of sp³-hybridized carbons (Fsp3) is 0.200. The van der Waals surface area contributed by atoms with Gasteiger partial charge in [0.05, 0.1) is 13.5 Å². The summed E-state index contributed by atoms with van der Waals surface area (Å²) in [4.78, 5) is 22.9. The first-order chi connectivity index (χ1) is 7.72. The fourth-order valence-corrected chi connectivity index (χ4v) is 1.30. The van der Waals surface area contributed by atoms with E-state index in [-0.39, 0.29) is 17.7 Å². The standard InChI is InChI=1S/C10H9N3O3/c1-16-9(14)6-7-10(15)13-5-3-2-4-8(13)12-11-7/h2-5H,6H2,1H3. The molecule has 16 heavy (non-hydrogen) atoms. The number of carbonyl (C=O) groups is 1. The summed E-state index contributed by atoms with van der Waals surface area (Å²) >= 11 is 0.